The van der Waals surface area contributed by atoms with Crippen molar-refractivity contribution in [1.29, 1.82) is 0 Å². The molecule has 0 aliphatic carbocycles. The second-order valence-electron chi connectivity index (χ2n) is 5.79. The molecule has 0 amide bonds. The predicted octanol–water partition coefficient (Wildman–Crippen LogP) is 3.22. The number of benzene rings is 1. The van der Waals surface area contributed by atoms with Crippen molar-refractivity contribution in [2.75, 3.05) is 0 Å². The Morgan fingerprint density at radius 1 is 1.21 bits per heavy atom. The van der Waals surface area contributed by atoms with Gasteiger partial charge in [-0.3, -0.25) is 0 Å². The molecule has 1 atom stereocenters. The molecule has 0 saturated carbocycles. The third kappa shape index (κ3) is 2.59. The van der Waals surface area contributed by atoms with Crippen molar-refractivity contribution in [3.8, 4) is 0 Å². The zero-order valence-electron chi connectivity index (χ0n) is 11.5. The maximum atomic E-state index is 13.9. The van der Waals surface area contributed by atoms with Gasteiger partial charge in [-0.25, -0.2) is 4.39 Å². The van der Waals surface area contributed by atoms with Gasteiger partial charge in [0, 0.05) is 10.0 Å². The molecule has 0 aromatic heterocycles. The van der Waals surface area contributed by atoms with E-state index >= 15 is 0 Å². The molecule has 104 valence electrons. The summed E-state index contributed by atoms with van der Waals surface area (Å²) in [5.74, 6) is -1.05. The van der Waals surface area contributed by atoms with E-state index < -0.39 is 24.3 Å². The molecule has 1 aliphatic heterocycles. The highest BCUT2D eigenvalue weighted by atomic mass is 79.9. The molecule has 1 aromatic carbocycles. The zero-order valence-corrected chi connectivity index (χ0v) is 13.1. The second kappa shape index (κ2) is 4.84. The second-order valence-corrected chi connectivity index (χ2v) is 6.64. The molecule has 3 nitrogen and oxygen atoms in total. The lowest BCUT2D eigenvalue weighted by Gasteiger charge is -2.32. The highest BCUT2D eigenvalue weighted by molar-refractivity contribution is 9.10. The minimum absolute atomic E-state index is 0.364. The molecule has 1 aromatic rings. The molecule has 0 spiro atoms. The Kier molecular flexibility index (Phi) is 3.82. The van der Waals surface area contributed by atoms with Crippen LogP contribution in [0.25, 0.3) is 0 Å². The van der Waals surface area contributed by atoms with E-state index in [0.717, 1.165) is 0 Å². The smallest absolute Gasteiger partial charge is 0.402 e. The monoisotopic (exact) mass is 329 g/mol. The molecule has 2 rings (SSSR count). The van der Waals surface area contributed by atoms with Gasteiger partial charge in [-0.05, 0) is 39.8 Å². The quantitative estimate of drug-likeness (QED) is 0.847. The Morgan fingerprint density at radius 3 is 2.21 bits per heavy atom. The molecule has 1 fully saturated rings. The van der Waals surface area contributed by atoms with Crippen LogP contribution in [0.2, 0.25) is 0 Å². The van der Waals surface area contributed by atoms with Crippen LogP contribution < -0.4 is 5.73 Å². The fourth-order valence-corrected chi connectivity index (χ4v) is 2.61. The lowest BCUT2D eigenvalue weighted by atomic mass is 9.74. The highest BCUT2D eigenvalue weighted by Gasteiger charge is 2.53. The normalized spacial score (nSPS) is 22.6. The number of halogens is 2. The Morgan fingerprint density at radius 2 is 1.74 bits per heavy atom. The van der Waals surface area contributed by atoms with Gasteiger partial charge < -0.3 is 15.0 Å². The van der Waals surface area contributed by atoms with Crippen LogP contribution in [0, 0.1) is 5.82 Å². The fourth-order valence-electron chi connectivity index (χ4n) is 2.00. The van der Waals surface area contributed by atoms with E-state index in [1.807, 2.05) is 27.7 Å². The summed E-state index contributed by atoms with van der Waals surface area (Å²) < 4.78 is 26.2. The van der Waals surface area contributed by atoms with Gasteiger partial charge in [0.2, 0.25) is 0 Å². The summed E-state index contributed by atoms with van der Waals surface area (Å²) >= 11 is 3.32. The SMILES string of the molecule is CC1(C)OB([C@H](N)c2c(F)cccc2Br)OC1(C)C. The van der Waals surface area contributed by atoms with E-state index in [0.29, 0.717) is 10.0 Å². The molecular weight excluding hydrogens is 312 g/mol. The van der Waals surface area contributed by atoms with Crippen LogP contribution in [0.5, 0.6) is 0 Å². The number of hydrogen-bond donors (Lipinski definition) is 1. The van der Waals surface area contributed by atoms with E-state index in [1.165, 1.54) is 6.07 Å². The molecular formula is C13H18BBrFNO2. The van der Waals surface area contributed by atoms with Crippen molar-refractivity contribution in [2.45, 2.75) is 44.8 Å². The van der Waals surface area contributed by atoms with Crippen molar-refractivity contribution >= 4 is 23.0 Å². The summed E-state index contributed by atoms with van der Waals surface area (Å²) in [6, 6.07) is 4.76. The first kappa shape index (κ1) is 15.0. The van der Waals surface area contributed by atoms with Crippen molar-refractivity contribution < 1.29 is 13.7 Å². The van der Waals surface area contributed by atoms with Gasteiger partial charge in [0.05, 0.1) is 17.1 Å². The predicted molar refractivity (Wildman–Crippen MR) is 77.1 cm³/mol. The van der Waals surface area contributed by atoms with Crippen molar-refractivity contribution in [2.24, 2.45) is 5.73 Å². The minimum Gasteiger partial charge on any atom is -0.402 e. The van der Waals surface area contributed by atoms with E-state index in [4.69, 9.17) is 15.0 Å². The van der Waals surface area contributed by atoms with Crippen LogP contribution in [0.3, 0.4) is 0 Å². The van der Waals surface area contributed by atoms with Crippen LogP contribution in [-0.4, -0.2) is 18.3 Å². The molecule has 2 N–H and O–H groups in total. The summed E-state index contributed by atoms with van der Waals surface area (Å²) in [7, 11) is -0.668. The average Bonchev–Trinajstić information content (AvgIpc) is 2.47. The topological polar surface area (TPSA) is 44.5 Å². The van der Waals surface area contributed by atoms with Crippen LogP contribution >= 0.6 is 15.9 Å². The lowest BCUT2D eigenvalue weighted by molar-refractivity contribution is 0.00578. The zero-order chi connectivity index (χ0) is 14.4. The first-order valence-electron chi connectivity index (χ1n) is 6.21. The first-order chi connectivity index (χ1) is 8.66. The Hall–Kier alpha value is -0.425. The first-order valence-corrected chi connectivity index (χ1v) is 7.00. The van der Waals surface area contributed by atoms with Gasteiger partial charge in [-0.15, -0.1) is 0 Å². The Labute approximate surface area is 121 Å². The van der Waals surface area contributed by atoms with Gasteiger partial charge in [0.1, 0.15) is 5.82 Å². The third-order valence-electron chi connectivity index (χ3n) is 3.90. The molecule has 0 unspecified atom stereocenters. The molecule has 0 bridgehead atoms. The fraction of sp³-hybridized carbons (Fsp3) is 0.538. The molecule has 6 heteroatoms. The van der Waals surface area contributed by atoms with Gasteiger partial charge >= 0.3 is 7.12 Å². The standard InChI is InChI=1S/C13H18BBrFNO2/c1-12(2)13(3,4)19-14(18-12)11(17)10-8(15)6-5-7-9(10)16/h5-7,11H,17H2,1-4H3/t11-/m1/s1. The van der Waals surface area contributed by atoms with Crippen molar-refractivity contribution in [3.05, 3.63) is 34.1 Å². The van der Waals surface area contributed by atoms with Crippen LogP contribution in [0.4, 0.5) is 4.39 Å². The number of rotatable bonds is 2. The van der Waals surface area contributed by atoms with Gasteiger partial charge in [0.25, 0.3) is 0 Å². The molecule has 1 aliphatic rings. The summed E-state index contributed by atoms with van der Waals surface area (Å²) in [6.07, 6.45) is 0. The Bertz CT molecular complexity index is 459. The summed E-state index contributed by atoms with van der Waals surface area (Å²) in [4.78, 5) is 0. The lowest BCUT2D eigenvalue weighted by Crippen LogP contribution is -2.41. The average molecular weight is 330 g/mol. The maximum Gasteiger partial charge on any atom is 0.480 e. The van der Waals surface area contributed by atoms with Crippen molar-refractivity contribution in [1.82, 2.24) is 0 Å². The minimum atomic E-state index is -0.684. The van der Waals surface area contributed by atoms with Crippen LogP contribution in [-0.2, 0) is 9.31 Å². The van der Waals surface area contributed by atoms with Crippen molar-refractivity contribution in [3.63, 3.8) is 0 Å². The number of nitrogens with two attached hydrogens (primary N) is 1. The highest BCUT2D eigenvalue weighted by Crippen LogP contribution is 2.40. The van der Waals surface area contributed by atoms with Crippen LogP contribution in [0.15, 0.2) is 22.7 Å². The maximum absolute atomic E-state index is 13.9. The van der Waals surface area contributed by atoms with E-state index in [-0.39, 0.29) is 5.82 Å². The third-order valence-corrected chi connectivity index (χ3v) is 4.59. The number of hydrogen-bond acceptors (Lipinski definition) is 3. The van der Waals surface area contributed by atoms with E-state index in [9.17, 15) is 4.39 Å². The van der Waals surface area contributed by atoms with E-state index in [2.05, 4.69) is 15.9 Å². The van der Waals surface area contributed by atoms with Gasteiger partial charge in [-0.2, -0.15) is 0 Å². The van der Waals surface area contributed by atoms with Gasteiger partial charge in [0.15, 0.2) is 0 Å². The molecule has 0 radical (unpaired) electrons. The van der Waals surface area contributed by atoms with Gasteiger partial charge in [-0.1, -0.05) is 22.0 Å². The largest absolute Gasteiger partial charge is 0.480 e. The summed E-state index contributed by atoms with van der Waals surface area (Å²) in [6.45, 7) is 7.76. The molecule has 1 saturated heterocycles. The summed E-state index contributed by atoms with van der Waals surface area (Å²) in [5.41, 5.74) is 5.54. The summed E-state index contributed by atoms with van der Waals surface area (Å²) in [5, 5.41) is 0. The molecule has 19 heavy (non-hydrogen) atoms. The molecule has 1 heterocycles. The van der Waals surface area contributed by atoms with Crippen LogP contribution in [0.1, 0.15) is 39.2 Å². The Balaban J connectivity index is 2.30. The van der Waals surface area contributed by atoms with E-state index in [1.54, 1.807) is 12.1 Å².